The molecule has 0 atom stereocenters. The van der Waals surface area contributed by atoms with Crippen LogP contribution in [0.3, 0.4) is 0 Å². The molecule has 0 saturated heterocycles. The fourth-order valence-electron chi connectivity index (χ4n) is 1.75. The highest BCUT2D eigenvalue weighted by Gasteiger charge is 2.32. The molecule has 2 rings (SSSR count). The smallest absolute Gasteiger partial charge is 0.347 e. The Labute approximate surface area is 127 Å². The molecule has 21 heavy (non-hydrogen) atoms. The van der Waals surface area contributed by atoms with Crippen LogP contribution < -0.4 is 0 Å². The molecule has 1 amide bonds. The number of nitrogens with zero attached hydrogens (tertiary/aromatic N) is 2. The molecule has 4 nitrogen and oxygen atoms in total. The minimum absolute atomic E-state index is 0.0427. The van der Waals surface area contributed by atoms with Gasteiger partial charge in [0.25, 0.3) is 5.91 Å². The summed E-state index contributed by atoms with van der Waals surface area (Å²) in [5, 5.41) is 0. The second kappa shape index (κ2) is 5.88. The zero-order valence-electron chi connectivity index (χ0n) is 10.9. The molecule has 2 aromatic rings. The number of rotatable bonds is 3. The number of carbonyl (C=O) groups is 1. The minimum Gasteiger partial charge on any atom is -0.347 e. The Morgan fingerprint density at radius 1 is 1.43 bits per heavy atom. The molecule has 0 spiro atoms. The summed E-state index contributed by atoms with van der Waals surface area (Å²) in [5.41, 5.74) is -0.903. The quantitative estimate of drug-likeness (QED) is 0.909. The Morgan fingerprint density at radius 2 is 2.14 bits per heavy atom. The molecule has 8 heteroatoms. The number of alkyl halides is 3. The van der Waals surface area contributed by atoms with Crippen LogP contribution in [0.25, 0.3) is 0 Å². The third kappa shape index (κ3) is 3.63. The molecule has 0 unspecified atom stereocenters. The van der Waals surface area contributed by atoms with Crippen molar-refractivity contribution in [3.8, 4) is 0 Å². The summed E-state index contributed by atoms with van der Waals surface area (Å²) in [5.74, 6) is 0.0262. The Bertz CT molecular complexity index is 641. The first-order valence-corrected chi connectivity index (χ1v) is 6.69. The van der Waals surface area contributed by atoms with Gasteiger partial charge in [-0.1, -0.05) is 0 Å². The second-order valence-electron chi connectivity index (χ2n) is 4.39. The number of imidazole rings is 1. The van der Waals surface area contributed by atoms with E-state index in [1.165, 1.54) is 24.2 Å². The van der Waals surface area contributed by atoms with E-state index >= 15 is 0 Å². The van der Waals surface area contributed by atoms with Crippen molar-refractivity contribution in [2.45, 2.75) is 12.7 Å². The van der Waals surface area contributed by atoms with Gasteiger partial charge in [-0.3, -0.25) is 4.79 Å². The van der Waals surface area contributed by atoms with Gasteiger partial charge >= 0.3 is 6.18 Å². The first-order chi connectivity index (χ1) is 9.79. The van der Waals surface area contributed by atoms with Crippen molar-refractivity contribution in [1.29, 1.82) is 0 Å². The van der Waals surface area contributed by atoms with Crippen molar-refractivity contribution in [3.05, 3.63) is 52.0 Å². The topological polar surface area (TPSA) is 49.0 Å². The van der Waals surface area contributed by atoms with E-state index in [2.05, 4.69) is 25.9 Å². The molecule has 0 saturated carbocycles. The van der Waals surface area contributed by atoms with Crippen LogP contribution in [0.1, 0.15) is 21.7 Å². The number of benzene rings is 1. The highest BCUT2D eigenvalue weighted by atomic mass is 79.9. The van der Waals surface area contributed by atoms with E-state index in [-0.39, 0.29) is 12.1 Å². The number of aromatic nitrogens is 2. The number of hydrogen-bond donors (Lipinski definition) is 1. The molecule has 0 fully saturated rings. The lowest BCUT2D eigenvalue weighted by Gasteiger charge is -2.18. The number of halogens is 4. The predicted octanol–water partition coefficient (Wildman–Crippen LogP) is 3.46. The lowest BCUT2D eigenvalue weighted by atomic mass is 10.1. The maximum atomic E-state index is 12.7. The zero-order chi connectivity index (χ0) is 15.6. The van der Waals surface area contributed by atoms with E-state index in [1.54, 1.807) is 6.20 Å². The molecule has 1 aromatic carbocycles. The lowest BCUT2D eigenvalue weighted by molar-refractivity contribution is -0.137. The van der Waals surface area contributed by atoms with E-state index < -0.39 is 17.6 Å². The number of nitrogens with one attached hydrogen (secondary N) is 1. The van der Waals surface area contributed by atoms with Crippen molar-refractivity contribution in [3.63, 3.8) is 0 Å². The van der Waals surface area contributed by atoms with E-state index in [1.807, 2.05) is 0 Å². The van der Waals surface area contributed by atoms with Crippen LogP contribution >= 0.6 is 15.9 Å². The third-order valence-electron chi connectivity index (χ3n) is 2.81. The van der Waals surface area contributed by atoms with Gasteiger partial charge < -0.3 is 9.88 Å². The van der Waals surface area contributed by atoms with E-state index in [0.29, 0.717) is 10.3 Å². The average Bonchev–Trinajstić information content (AvgIpc) is 2.90. The molecule has 1 aromatic heterocycles. The monoisotopic (exact) mass is 361 g/mol. The normalized spacial score (nSPS) is 11.5. The Balaban J connectivity index is 2.26. The van der Waals surface area contributed by atoms with E-state index in [9.17, 15) is 18.0 Å². The Morgan fingerprint density at radius 3 is 2.71 bits per heavy atom. The maximum absolute atomic E-state index is 12.7. The van der Waals surface area contributed by atoms with Gasteiger partial charge in [0.15, 0.2) is 0 Å². The number of amides is 1. The van der Waals surface area contributed by atoms with Gasteiger partial charge in [0.1, 0.15) is 5.82 Å². The predicted molar refractivity (Wildman–Crippen MR) is 73.5 cm³/mol. The largest absolute Gasteiger partial charge is 0.416 e. The second-order valence-corrected chi connectivity index (χ2v) is 5.24. The van der Waals surface area contributed by atoms with Crippen molar-refractivity contribution in [1.82, 2.24) is 14.9 Å². The van der Waals surface area contributed by atoms with Gasteiger partial charge in [0.2, 0.25) is 0 Å². The first kappa shape index (κ1) is 15.6. The third-order valence-corrected chi connectivity index (χ3v) is 3.50. The maximum Gasteiger partial charge on any atom is 0.416 e. The SMILES string of the molecule is CN(Cc1ncc[nH]1)C(=O)c1cc(C(F)(F)F)ccc1Br. The average molecular weight is 362 g/mol. The van der Waals surface area contributed by atoms with Gasteiger partial charge in [-0.25, -0.2) is 4.98 Å². The molecule has 112 valence electrons. The van der Waals surface area contributed by atoms with Crippen LogP contribution in [0.5, 0.6) is 0 Å². The van der Waals surface area contributed by atoms with Crippen molar-refractivity contribution in [2.75, 3.05) is 7.05 Å². The summed E-state index contributed by atoms with van der Waals surface area (Å²) in [7, 11) is 1.50. The van der Waals surface area contributed by atoms with Crippen molar-refractivity contribution >= 4 is 21.8 Å². The summed E-state index contributed by atoms with van der Waals surface area (Å²) >= 11 is 3.11. The Kier molecular flexibility index (Phi) is 4.36. The molecular formula is C13H11BrF3N3O. The van der Waals surface area contributed by atoms with Crippen molar-refractivity contribution < 1.29 is 18.0 Å². The fraction of sp³-hybridized carbons (Fsp3) is 0.231. The van der Waals surface area contributed by atoms with Crippen LogP contribution in [0.2, 0.25) is 0 Å². The number of carbonyl (C=O) groups excluding carboxylic acids is 1. The summed E-state index contributed by atoms with van der Waals surface area (Å²) in [6, 6.07) is 2.98. The number of aromatic amines is 1. The zero-order valence-corrected chi connectivity index (χ0v) is 12.5. The highest BCUT2D eigenvalue weighted by molar-refractivity contribution is 9.10. The molecule has 1 N–H and O–H groups in total. The number of H-pyrrole nitrogens is 1. The van der Waals surface area contributed by atoms with Gasteiger partial charge in [0, 0.05) is 23.9 Å². The molecule has 0 aliphatic heterocycles. The van der Waals surface area contributed by atoms with Crippen LogP contribution in [-0.4, -0.2) is 27.8 Å². The fourth-order valence-corrected chi connectivity index (χ4v) is 2.17. The Hall–Kier alpha value is -1.83. The van der Waals surface area contributed by atoms with Gasteiger partial charge in [0.05, 0.1) is 17.7 Å². The standard InChI is InChI=1S/C13H11BrF3N3O/c1-20(7-11-18-4-5-19-11)12(21)9-6-8(13(15,16)17)2-3-10(9)14/h2-6H,7H2,1H3,(H,18,19). The summed E-state index contributed by atoms with van der Waals surface area (Å²) in [6.07, 6.45) is -1.35. The number of hydrogen-bond acceptors (Lipinski definition) is 2. The molecule has 0 aliphatic carbocycles. The van der Waals surface area contributed by atoms with Crippen LogP contribution in [0.15, 0.2) is 35.1 Å². The van der Waals surface area contributed by atoms with Crippen LogP contribution in [-0.2, 0) is 12.7 Å². The van der Waals surface area contributed by atoms with Crippen molar-refractivity contribution in [2.24, 2.45) is 0 Å². The molecule has 1 heterocycles. The first-order valence-electron chi connectivity index (χ1n) is 5.89. The highest BCUT2D eigenvalue weighted by Crippen LogP contribution is 2.32. The molecule has 0 bridgehead atoms. The summed E-state index contributed by atoms with van der Waals surface area (Å²) in [4.78, 5) is 20.3. The summed E-state index contributed by atoms with van der Waals surface area (Å²) < 4.78 is 38.5. The summed E-state index contributed by atoms with van der Waals surface area (Å²) in [6.45, 7) is 0.175. The molecular weight excluding hydrogens is 351 g/mol. The van der Waals surface area contributed by atoms with Gasteiger partial charge in [-0.2, -0.15) is 13.2 Å². The van der Waals surface area contributed by atoms with E-state index in [4.69, 9.17) is 0 Å². The molecule has 0 aliphatic rings. The van der Waals surface area contributed by atoms with E-state index in [0.717, 1.165) is 12.1 Å². The van der Waals surface area contributed by atoms with Crippen LogP contribution in [0, 0.1) is 0 Å². The minimum atomic E-state index is -4.49. The van der Waals surface area contributed by atoms with Crippen LogP contribution in [0.4, 0.5) is 13.2 Å². The van der Waals surface area contributed by atoms with Gasteiger partial charge in [-0.15, -0.1) is 0 Å². The lowest BCUT2D eigenvalue weighted by Crippen LogP contribution is -2.27. The molecule has 0 radical (unpaired) electrons. The van der Waals surface area contributed by atoms with Gasteiger partial charge in [-0.05, 0) is 34.1 Å².